The predicted octanol–water partition coefficient (Wildman–Crippen LogP) is 4.56. The zero-order valence-corrected chi connectivity index (χ0v) is 36.1. The number of aryl methyl sites for hydroxylation is 1. The number of carbonyl (C=O) groups excluding carboxylic acids is 5. The number of benzene rings is 1. The highest BCUT2D eigenvalue weighted by Gasteiger charge is 2.30. The minimum atomic E-state index is -0.384. The van der Waals surface area contributed by atoms with Gasteiger partial charge < -0.3 is 50.5 Å². The summed E-state index contributed by atoms with van der Waals surface area (Å²) in [6.07, 6.45) is 10.8. The lowest BCUT2D eigenvalue weighted by molar-refractivity contribution is -0.123. The second-order valence-electron chi connectivity index (χ2n) is 15.2. The van der Waals surface area contributed by atoms with E-state index in [1.165, 1.54) is 6.08 Å². The zero-order valence-electron chi connectivity index (χ0n) is 36.1. The minimum Gasteiger partial charge on any atom is -0.491 e. The zero-order chi connectivity index (χ0) is 43.9. The second kappa shape index (κ2) is 26.0. The molecular weight excluding hydrogens is 795 g/mol. The van der Waals surface area contributed by atoms with E-state index in [0.29, 0.717) is 115 Å². The van der Waals surface area contributed by atoms with Gasteiger partial charge in [-0.05, 0) is 86.4 Å². The molecule has 5 amide bonds. The summed E-state index contributed by atoms with van der Waals surface area (Å²) in [6.45, 7) is 11.0. The van der Waals surface area contributed by atoms with E-state index in [1.807, 2.05) is 24.4 Å². The molecule has 6 N–H and O–H groups in total. The number of hydrogen-bond acceptors (Lipinski definition) is 10. The van der Waals surface area contributed by atoms with Gasteiger partial charge in [0.05, 0.1) is 55.7 Å². The molecular formula is C46H63N7O9. The molecule has 1 aliphatic heterocycles. The first kappa shape index (κ1) is 47.5. The van der Waals surface area contributed by atoms with Crippen molar-refractivity contribution >= 4 is 35.2 Å². The number of anilines is 1. The fourth-order valence-electron chi connectivity index (χ4n) is 7.20. The Morgan fingerprint density at radius 3 is 2.05 bits per heavy atom. The Kier molecular flexibility index (Phi) is 19.9. The number of hydrogen-bond donors (Lipinski definition) is 6. The molecule has 3 heterocycles. The van der Waals surface area contributed by atoms with E-state index in [4.69, 9.17) is 23.9 Å². The number of aromatic nitrogens is 2. The molecule has 0 unspecified atom stereocenters. The Bertz CT molecular complexity index is 1980. The Labute approximate surface area is 364 Å². The third-order valence-corrected chi connectivity index (χ3v) is 10.5. The third kappa shape index (κ3) is 15.1. The fraction of sp³-hybridized carbons (Fsp3) is 0.522. The van der Waals surface area contributed by atoms with Crippen molar-refractivity contribution in [2.45, 2.75) is 84.0 Å². The minimum absolute atomic E-state index is 0.0267. The van der Waals surface area contributed by atoms with E-state index in [1.54, 1.807) is 6.07 Å². The molecule has 3 aromatic rings. The van der Waals surface area contributed by atoms with Crippen LogP contribution in [0.25, 0.3) is 22.5 Å². The summed E-state index contributed by atoms with van der Waals surface area (Å²) < 4.78 is 22.6. The first-order valence-corrected chi connectivity index (χ1v) is 22.0. The standard InChI is InChI=1S/C46H63N7O9/c1-3-5-10-41(55)47-18-7-22-59-25-27-61-28-26-60-23-8-19-48-42(56)11-6-12-43(57)49-20-9-24-62-39-16-14-32(29-38(39)52-40(54)4-2)37-30-35-33(31-51-37)13-15-34-44-36(53-45(34)35)17-21-50-46(44)58/h4,14,16,29-31,53H,2-3,5-13,15,17-28H2,1H3,(H,47,55)(H,48,56)(H,49,57)(H,50,58)(H,52,54). The van der Waals surface area contributed by atoms with E-state index >= 15 is 0 Å². The maximum absolute atomic E-state index is 12.7. The Balaban J connectivity index is 0.911. The molecule has 0 bridgehead atoms. The molecule has 5 rings (SSSR count). The Hall–Kier alpha value is -5.58. The van der Waals surface area contributed by atoms with Crippen molar-refractivity contribution in [3.8, 4) is 28.3 Å². The fourth-order valence-corrected chi connectivity index (χ4v) is 7.20. The topological polar surface area (TPSA) is 211 Å². The lowest BCUT2D eigenvalue weighted by Crippen LogP contribution is -2.32. The molecule has 16 nitrogen and oxygen atoms in total. The number of unbranched alkanes of at least 4 members (excludes halogenated alkanes) is 1. The van der Waals surface area contributed by atoms with Crippen molar-refractivity contribution < 1.29 is 42.9 Å². The predicted molar refractivity (Wildman–Crippen MR) is 236 cm³/mol. The molecule has 1 aliphatic carbocycles. The van der Waals surface area contributed by atoms with E-state index in [0.717, 1.165) is 77.7 Å². The highest BCUT2D eigenvalue weighted by atomic mass is 16.5. The normalized spacial score (nSPS) is 12.6. The van der Waals surface area contributed by atoms with Gasteiger partial charge in [-0.3, -0.25) is 29.0 Å². The number of aromatic amines is 1. The van der Waals surface area contributed by atoms with Gasteiger partial charge in [0.15, 0.2) is 0 Å². The molecule has 0 atom stereocenters. The van der Waals surface area contributed by atoms with Crippen molar-refractivity contribution in [3.63, 3.8) is 0 Å². The molecule has 2 aromatic heterocycles. The van der Waals surface area contributed by atoms with Gasteiger partial charge in [0.25, 0.3) is 5.91 Å². The van der Waals surface area contributed by atoms with Crippen molar-refractivity contribution in [2.24, 2.45) is 0 Å². The van der Waals surface area contributed by atoms with E-state index in [2.05, 4.69) is 45.1 Å². The maximum atomic E-state index is 12.7. The van der Waals surface area contributed by atoms with Crippen LogP contribution in [0.15, 0.2) is 43.1 Å². The summed E-state index contributed by atoms with van der Waals surface area (Å²) in [4.78, 5) is 69.5. The lowest BCUT2D eigenvalue weighted by Gasteiger charge is -2.19. The number of pyridine rings is 1. The highest BCUT2D eigenvalue weighted by molar-refractivity contribution is 6.01. The number of carbonyl (C=O) groups is 5. The van der Waals surface area contributed by atoms with Crippen molar-refractivity contribution in [1.82, 2.24) is 31.2 Å². The Morgan fingerprint density at radius 2 is 1.40 bits per heavy atom. The molecule has 336 valence electrons. The molecule has 0 radical (unpaired) electrons. The molecule has 16 heteroatoms. The van der Waals surface area contributed by atoms with Crippen LogP contribution in [0.4, 0.5) is 5.69 Å². The van der Waals surface area contributed by atoms with Gasteiger partial charge in [0.1, 0.15) is 5.75 Å². The summed E-state index contributed by atoms with van der Waals surface area (Å²) in [7, 11) is 0. The molecule has 0 saturated carbocycles. The molecule has 2 aliphatic rings. The number of H-pyrrole nitrogens is 1. The van der Waals surface area contributed by atoms with E-state index < -0.39 is 0 Å². The molecule has 0 spiro atoms. The van der Waals surface area contributed by atoms with Crippen LogP contribution in [0.1, 0.15) is 91.9 Å². The van der Waals surface area contributed by atoms with Gasteiger partial charge in [0.2, 0.25) is 23.6 Å². The van der Waals surface area contributed by atoms with Crippen LogP contribution in [-0.2, 0) is 52.7 Å². The summed E-state index contributed by atoms with van der Waals surface area (Å²) in [5.74, 6) is -0.0942. The molecule has 0 fully saturated rings. The van der Waals surface area contributed by atoms with Crippen LogP contribution in [0.2, 0.25) is 0 Å². The van der Waals surface area contributed by atoms with Gasteiger partial charge in [-0.2, -0.15) is 0 Å². The van der Waals surface area contributed by atoms with Crippen LogP contribution in [-0.4, -0.2) is 112 Å². The average Bonchev–Trinajstić information content (AvgIpc) is 3.67. The average molecular weight is 858 g/mol. The van der Waals surface area contributed by atoms with Crippen molar-refractivity contribution in [3.05, 3.63) is 65.5 Å². The van der Waals surface area contributed by atoms with Gasteiger partial charge in [-0.15, -0.1) is 0 Å². The van der Waals surface area contributed by atoms with Crippen LogP contribution in [0.5, 0.6) is 5.75 Å². The van der Waals surface area contributed by atoms with Crippen LogP contribution in [0, 0.1) is 0 Å². The molecule has 1 aromatic carbocycles. The molecule has 0 saturated heterocycles. The second-order valence-corrected chi connectivity index (χ2v) is 15.2. The summed E-state index contributed by atoms with van der Waals surface area (Å²) >= 11 is 0. The summed E-state index contributed by atoms with van der Waals surface area (Å²) in [6, 6.07) is 7.51. The van der Waals surface area contributed by atoms with E-state index in [-0.39, 0.29) is 42.4 Å². The maximum Gasteiger partial charge on any atom is 0.253 e. The van der Waals surface area contributed by atoms with Crippen LogP contribution >= 0.6 is 0 Å². The van der Waals surface area contributed by atoms with Gasteiger partial charge in [-0.1, -0.05) is 19.9 Å². The number of fused-ring (bicyclic) bond motifs is 5. The largest absolute Gasteiger partial charge is 0.491 e. The summed E-state index contributed by atoms with van der Waals surface area (Å²) in [5.41, 5.74) is 7.84. The van der Waals surface area contributed by atoms with Gasteiger partial charge >= 0.3 is 0 Å². The highest BCUT2D eigenvalue weighted by Crippen LogP contribution is 2.39. The molecule has 62 heavy (non-hydrogen) atoms. The summed E-state index contributed by atoms with van der Waals surface area (Å²) in [5, 5.41) is 14.4. The number of ether oxygens (including phenoxy) is 4. The van der Waals surface area contributed by atoms with Crippen molar-refractivity contribution in [1.29, 1.82) is 0 Å². The van der Waals surface area contributed by atoms with Gasteiger partial charge in [0, 0.05) is 88.1 Å². The van der Waals surface area contributed by atoms with Crippen molar-refractivity contribution in [2.75, 3.05) is 77.7 Å². The van der Waals surface area contributed by atoms with Gasteiger partial charge in [-0.25, -0.2) is 0 Å². The first-order chi connectivity index (χ1) is 30.3. The quantitative estimate of drug-likeness (QED) is 0.0424. The van der Waals surface area contributed by atoms with Crippen LogP contribution in [0.3, 0.4) is 0 Å². The number of rotatable bonds is 29. The monoisotopic (exact) mass is 857 g/mol. The SMILES string of the molecule is C=CC(=O)Nc1cc(-c2cc3c(cn2)CCc2c-3[nH]c3c2C(=O)NCC3)ccc1OCCCNC(=O)CCCC(=O)NCCCOCCOCCOCCCNC(=O)CCCC. The Morgan fingerprint density at radius 1 is 0.774 bits per heavy atom. The smallest absolute Gasteiger partial charge is 0.253 e. The first-order valence-electron chi connectivity index (χ1n) is 22.0. The van der Waals surface area contributed by atoms with Crippen LogP contribution < -0.4 is 31.3 Å². The third-order valence-electron chi connectivity index (χ3n) is 10.5. The number of nitrogens with one attached hydrogen (secondary N) is 6. The number of nitrogens with zero attached hydrogens (tertiary/aromatic N) is 1. The number of amides is 5. The lowest BCUT2D eigenvalue weighted by atomic mass is 9.88. The van der Waals surface area contributed by atoms with E-state index in [9.17, 15) is 24.0 Å².